The summed E-state index contributed by atoms with van der Waals surface area (Å²) in [4.78, 5) is 4.43. The van der Waals surface area contributed by atoms with E-state index in [2.05, 4.69) is 17.2 Å². The molecule has 1 N–H and O–H groups in total. The van der Waals surface area contributed by atoms with E-state index in [1.165, 1.54) is 5.75 Å². The normalized spacial score (nSPS) is 26.3. The molecule has 82 valence electrons. The first-order chi connectivity index (χ1) is 7.29. The average molecular weight is 224 g/mol. The predicted octanol–water partition coefficient (Wildman–Crippen LogP) is 2.06. The fraction of sp³-hybridized carbons (Fsp3) is 0.545. The minimum atomic E-state index is 0.316. The number of hydrogen-bond acceptors (Lipinski definition) is 4. The van der Waals surface area contributed by atoms with E-state index in [4.69, 9.17) is 4.74 Å². The van der Waals surface area contributed by atoms with E-state index in [9.17, 15) is 0 Å². The lowest BCUT2D eigenvalue weighted by atomic mass is 10.2. The fourth-order valence-corrected chi connectivity index (χ4v) is 2.72. The summed E-state index contributed by atoms with van der Waals surface area (Å²) in [5.74, 6) is 2.63. The lowest BCUT2D eigenvalue weighted by Gasteiger charge is -2.26. The van der Waals surface area contributed by atoms with Crippen molar-refractivity contribution in [3.63, 3.8) is 0 Å². The molecule has 1 aromatic rings. The van der Waals surface area contributed by atoms with Gasteiger partial charge in [-0.2, -0.15) is 0 Å². The van der Waals surface area contributed by atoms with Crippen molar-refractivity contribution >= 4 is 11.8 Å². The van der Waals surface area contributed by atoms with Crippen molar-refractivity contribution in [3.05, 3.63) is 23.9 Å². The molecular formula is C11H16N2OS. The van der Waals surface area contributed by atoms with Gasteiger partial charge in [-0.15, -0.1) is 11.8 Å². The lowest BCUT2D eigenvalue weighted by molar-refractivity contribution is 0.395. The maximum Gasteiger partial charge on any atom is 0.213 e. The van der Waals surface area contributed by atoms with E-state index in [-0.39, 0.29) is 0 Å². The van der Waals surface area contributed by atoms with Gasteiger partial charge in [-0.05, 0) is 24.3 Å². The second kappa shape index (κ2) is 4.86. The monoisotopic (exact) mass is 224 g/mol. The molecule has 2 heterocycles. The zero-order valence-electron chi connectivity index (χ0n) is 9.06. The standard InChI is InChI=1S/C11H16N2OS/c1-8-6-12-11(15-7-8)9-4-3-5-10(13-9)14-2/h3-5,8,11-12H,6-7H2,1-2H3. The van der Waals surface area contributed by atoms with Gasteiger partial charge >= 0.3 is 0 Å². The Hall–Kier alpha value is -0.740. The zero-order chi connectivity index (χ0) is 10.7. The van der Waals surface area contributed by atoms with Crippen LogP contribution in [-0.2, 0) is 0 Å². The Bertz CT molecular complexity index is 324. The van der Waals surface area contributed by atoms with Crippen molar-refractivity contribution in [3.8, 4) is 5.88 Å². The number of rotatable bonds is 2. The summed E-state index contributed by atoms with van der Waals surface area (Å²) in [6.45, 7) is 3.33. The maximum atomic E-state index is 5.12. The summed E-state index contributed by atoms with van der Waals surface area (Å²) in [5.41, 5.74) is 1.06. The van der Waals surface area contributed by atoms with Gasteiger partial charge in [0.15, 0.2) is 0 Å². The number of aromatic nitrogens is 1. The first kappa shape index (κ1) is 10.8. The Labute approximate surface area is 94.6 Å². The van der Waals surface area contributed by atoms with E-state index in [1.54, 1.807) is 7.11 Å². The number of methoxy groups -OCH3 is 1. The molecule has 2 atom stereocenters. The third kappa shape index (κ3) is 2.63. The smallest absolute Gasteiger partial charge is 0.213 e. The first-order valence-corrected chi connectivity index (χ1v) is 6.20. The molecule has 0 spiro atoms. The fourth-order valence-electron chi connectivity index (χ4n) is 1.57. The molecule has 1 aliphatic rings. The van der Waals surface area contributed by atoms with Crippen LogP contribution in [0.1, 0.15) is 18.0 Å². The molecule has 1 fully saturated rings. The molecule has 2 unspecified atom stereocenters. The van der Waals surface area contributed by atoms with E-state index in [0.29, 0.717) is 11.3 Å². The highest BCUT2D eigenvalue weighted by Crippen LogP contribution is 2.30. The largest absolute Gasteiger partial charge is 0.481 e. The summed E-state index contributed by atoms with van der Waals surface area (Å²) < 4.78 is 5.12. The second-order valence-electron chi connectivity index (χ2n) is 3.83. The third-order valence-corrected chi connectivity index (χ3v) is 3.92. The predicted molar refractivity (Wildman–Crippen MR) is 63.2 cm³/mol. The van der Waals surface area contributed by atoms with Crippen LogP contribution in [0, 0.1) is 5.92 Å². The Morgan fingerprint density at radius 2 is 2.40 bits per heavy atom. The van der Waals surface area contributed by atoms with Crippen molar-refractivity contribution in [2.45, 2.75) is 12.3 Å². The lowest BCUT2D eigenvalue weighted by Crippen LogP contribution is -2.31. The van der Waals surface area contributed by atoms with Crippen LogP contribution >= 0.6 is 11.8 Å². The zero-order valence-corrected chi connectivity index (χ0v) is 9.88. The molecule has 2 rings (SSSR count). The van der Waals surface area contributed by atoms with E-state index >= 15 is 0 Å². The van der Waals surface area contributed by atoms with Gasteiger partial charge < -0.3 is 10.1 Å². The van der Waals surface area contributed by atoms with Crippen LogP contribution in [0.2, 0.25) is 0 Å². The average Bonchev–Trinajstić information content (AvgIpc) is 2.30. The highest BCUT2D eigenvalue weighted by molar-refractivity contribution is 7.99. The molecular weight excluding hydrogens is 208 g/mol. The molecule has 1 saturated heterocycles. The molecule has 0 aromatic carbocycles. The van der Waals surface area contributed by atoms with E-state index in [1.807, 2.05) is 30.0 Å². The van der Waals surface area contributed by atoms with Gasteiger partial charge in [0.05, 0.1) is 18.2 Å². The minimum Gasteiger partial charge on any atom is -0.481 e. The summed E-state index contributed by atoms with van der Waals surface area (Å²) >= 11 is 1.91. The van der Waals surface area contributed by atoms with Gasteiger partial charge in [0.25, 0.3) is 0 Å². The summed E-state index contributed by atoms with van der Waals surface area (Å²) in [5, 5.41) is 3.80. The SMILES string of the molecule is COc1cccc(C2NCC(C)CS2)n1. The van der Waals surface area contributed by atoms with Crippen LogP contribution < -0.4 is 10.1 Å². The van der Waals surface area contributed by atoms with Gasteiger partial charge in [0.1, 0.15) is 0 Å². The molecule has 3 nitrogen and oxygen atoms in total. The second-order valence-corrected chi connectivity index (χ2v) is 4.97. The molecule has 1 aromatic heterocycles. The molecule has 15 heavy (non-hydrogen) atoms. The van der Waals surface area contributed by atoms with Gasteiger partial charge in [0.2, 0.25) is 5.88 Å². The summed E-state index contributed by atoms with van der Waals surface area (Å²) in [7, 11) is 1.65. The maximum absolute atomic E-state index is 5.12. The van der Waals surface area contributed by atoms with Crippen LogP contribution in [0.25, 0.3) is 0 Å². The minimum absolute atomic E-state index is 0.316. The van der Waals surface area contributed by atoms with Crippen LogP contribution in [0.5, 0.6) is 5.88 Å². The van der Waals surface area contributed by atoms with Gasteiger partial charge in [0, 0.05) is 6.07 Å². The highest BCUT2D eigenvalue weighted by atomic mass is 32.2. The van der Waals surface area contributed by atoms with E-state index < -0.39 is 0 Å². The molecule has 0 radical (unpaired) electrons. The molecule has 0 amide bonds. The van der Waals surface area contributed by atoms with Gasteiger partial charge in [-0.1, -0.05) is 13.0 Å². The van der Waals surface area contributed by atoms with Crippen molar-refractivity contribution < 1.29 is 4.74 Å². The number of nitrogens with one attached hydrogen (secondary N) is 1. The number of nitrogens with zero attached hydrogens (tertiary/aromatic N) is 1. The Morgan fingerprint density at radius 1 is 1.53 bits per heavy atom. The Balaban J connectivity index is 2.08. The molecule has 0 bridgehead atoms. The quantitative estimate of drug-likeness (QED) is 0.834. The Kier molecular flexibility index (Phi) is 3.49. The number of thioether (sulfide) groups is 1. The van der Waals surface area contributed by atoms with Crippen LogP contribution in [0.3, 0.4) is 0 Å². The highest BCUT2D eigenvalue weighted by Gasteiger charge is 2.20. The van der Waals surface area contributed by atoms with Gasteiger partial charge in [-0.25, -0.2) is 4.98 Å². The first-order valence-electron chi connectivity index (χ1n) is 5.15. The summed E-state index contributed by atoms with van der Waals surface area (Å²) in [6, 6.07) is 5.91. The molecule has 1 aliphatic heterocycles. The topological polar surface area (TPSA) is 34.1 Å². The summed E-state index contributed by atoms with van der Waals surface area (Å²) in [6.07, 6.45) is 0. The van der Waals surface area contributed by atoms with Crippen LogP contribution in [0.4, 0.5) is 0 Å². The van der Waals surface area contributed by atoms with Crippen molar-refractivity contribution in [2.24, 2.45) is 5.92 Å². The van der Waals surface area contributed by atoms with E-state index in [0.717, 1.165) is 18.2 Å². The molecule has 0 saturated carbocycles. The van der Waals surface area contributed by atoms with Gasteiger partial charge in [-0.3, -0.25) is 0 Å². The van der Waals surface area contributed by atoms with Crippen molar-refractivity contribution in [2.75, 3.05) is 19.4 Å². The molecule has 0 aliphatic carbocycles. The number of pyridine rings is 1. The van der Waals surface area contributed by atoms with Crippen molar-refractivity contribution in [1.82, 2.24) is 10.3 Å². The van der Waals surface area contributed by atoms with Crippen LogP contribution in [0.15, 0.2) is 18.2 Å². The molecule has 4 heteroatoms. The van der Waals surface area contributed by atoms with Crippen molar-refractivity contribution in [1.29, 1.82) is 0 Å². The third-order valence-electron chi connectivity index (χ3n) is 2.42. The number of hydrogen-bond donors (Lipinski definition) is 1. The van der Waals surface area contributed by atoms with Crippen LogP contribution in [-0.4, -0.2) is 24.4 Å². The Morgan fingerprint density at radius 3 is 3.07 bits per heavy atom. The number of ether oxygens (including phenoxy) is 1.